The van der Waals surface area contributed by atoms with E-state index in [9.17, 15) is 14.7 Å². The van der Waals surface area contributed by atoms with Crippen molar-refractivity contribution in [2.24, 2.45) is 0 Å². The van der Waals surface area contributed by atoms with Crippen LogP contribution in [0.15, 0.2) is 23.0 Å². The third-order valence-corrected chi connectivity index (χ3v) is 9.37. The molecule has 210 valence electrons. The van der Waals surface area contributed by atoms with Gasteiger partial charge < -0.3 is 19.1 Å². The van der Waals surface area contributed by atoms with Gasteiger partial charge in [0.2, 0.25) is 0 Å². The Balaban J connectivity index is 1.39. The number of carbonyl (C=O) groups is 1. The van der Waals surface area contributed by atoms with E-state index in [1.165, 1.54) is 0 Å². The molecule has 4 aliphatic rings. The van der Waals surface area contributed by atoms with Gasteiger partial charge in [-0.15, -0.1) is 0 Å². The van der Waals surface area contributed by atoms with Gasteiger partial charge in [0.1, 0.15) is 18.8 Å². The van der Waals surface area contributed by atoms with Crippen LogP contribution in [0.5, 0.6) is 11.5 Å². The second-order valence-electron chi connectivity index (χ2n) is 11.8. The van der Waals surface area contributed by atoms with Crippen LogP contribution in [-0.2, 0) is 29.9 Å². The molecule has 1 N–H and O–H groups in total. The van der Waals surface area contributed by atoms with E-state index in [0.29, 0.717) is 54.8 Å². The minimum absolute atomic E-state index is 0.128. The Morgan fingerprint density at radius 1 is 1.00 bits per heavy atom. The molecule has 1 unspecified atom stereocenters. The minimum Gasteiger partial charge on any atom is -0.486 e. The summed E-state index contributed by atoms with van der Waals surface area (Å²) in [5.41, 5.74) is 3.62. The van der Waals surface area contributed by atoms with Crippen molar-refractivity contribution in [3.05, 3.63) is 50.8 Å². The Morgan fingerprint density at radius 3 is 2.42 bits per heavy atom. The summed E-state index contributed by atoms with van der Waals surface area (Å²) in [5, 5.41) is 12.4. The predicted molar refractivity (Wildman–Crippen MR) is 151 cm³/mol. The van der Waals surface area contributed by atoms with Crippen LogP contribution < -0.4 is 15.0 Å². The number of Topliss-reactive ketones (excluding diaryl/α,β-unsaturated/α-hetero) is 1. The number of nitrogens with zero attached hydrogens (tertiary/aromatic N) is 4. The number of rotatable bonds is 4. The average Bonchev–Trinajstić information content (AvgIpc) is 3.33. The Morgan fingerprint density at radius 2 is 1.73 bits per heavy atom. The molecule has 9 nitrogen and oxygen atoms in total. The first kappa shape index (κ1) is 25.7. The molecule has 1 aliphatic carbocycles. The van der Waals surface area contributed by atoms with E-state index in [1.54, 1.807) is 11.5 Å². The number of pyridine rings is 2. The number of carbonyl (C=O) groups excluding carboxylic acids is 1. The topological polar surface area (TPSA) is 97.1 Å². The number of fused-ring (bicyclic) bond motifs is 6. The second kappa shape index (κ2) is 9.39. The summed E-state index contributed by atoms with van der Waals surface area (Å²) >= 11 is 0. The van der Waals surface area contributed by atoms with Crippen molar-refractivity contribution >= 4 is 16.7 Å². The van der Waals surface area contributed by atoms with E-state index in [-0.39, 0.29) is 24.2 Å². The zero-order chi connectivity index (χ0) is 27.8. The van der Waals surface area contributed by atoms with Gasteiger partial charge in [-0.3, -0.25) is 19.4 Å². The SMILES string of the molecule is CCC1(O)C(=O)CCc2c1cc1n(c2=O)Cc2c-1nc1cc3c(cc1c2CN1CCN(C(C)C)CC1)OCCO3. The molecule has 0 amide bonds. The lowest BCUT2D eigenvalue weighted by atomic mass is 9.77. The molecule has 7 rings (SSSR count). The minimum atomic E-state index is -1.63. The van der Waals surface area contributed by atoms with Gasteiger partial charge in [-0.1, -0.05) is 6.92 Å². The fourth-order valence-electron chi connectivity index (χ4n) is 6.92. The molecule has 0 bridgehead atoms. The highest BCUT2D eigenvalue weighted by Gasteiger charge is 2.43. The Kier molecular flexibility index (Phi) is 6.03. The lowest BCUT2D eigenvalue weighted by Crippen LogP contribution is -2.48. The van der Waals surface area contributed by atoms with Crippen molar-refractivity contribution in [2.45, 2.75) is 64.8 Å². The predicted octanol–water partition coefficient (Wildman–Crippen LogP) is 2.84. The monoisotopic (exact) mass is 544 g/mol. The van der Waals surface area contributed by atoms with Crippen LogP contribution in [0.25, 0.3) is 22.3 Å². The van der Waals surface area contributed by atoms with Crippen molar-refractivity contribution in [3.8, 4) is 22.9 Å². The van der Waals surface area contributed by atoms with Crippen molar-refractivity contribution in [1.82, 2.24) is 19.4 Å². The van der Waals surface area contributed by atoms with E-state index in [4.69, 9.17) is 14.5 Å². The highest BCUT2D eigenvalue weighted by molar-refractivity contribution is 5.93. The number of ketones is 1. The number of piperazine rings is 1. The number of benzene rings is 1. The van der Waals surface area contributed by atoms with Crippen LogP contribution >= 0.6 is 0 Å². The first-order valence-electron chi connectivity index (χ1n) is 14.5. The van der Waals surface area contributed by atoms with Gasteiger partial charge >= 0.3 is 0 Å². The Hall–Kier alpha value is -3.27. The molecule has 0 radical (unpaired) electrons. The third-order valence-electron chi connectivity index (χ3n) is 9.37. The maximum absolute atomic E-state index is 13.8. The van der Waals surface area contributed by atoms with Gasteiger partial charge in [-0.2, -0.15) is 0 Å². The van der Waals surface area contributed by atoms with E-state index in [1.807, 2.05) is 18.2 Å². The van der Waals surface area contributed by atoms with Crippen LogP contribution in [-0.4, -0.2) is 75.7 Å². The van der Waals surface area contributed by atoms with Crippen LogP contribution in [0.3, 0.4) is 0 Å². The summed E-state index contributed by atoms with van der Waals surface area (Å²) in [5.74, 6) is 1.18. The van der Waals surface area contributed by atoms with Crippen LogP contribution in [0.4, 0.5) is 0 Å². The number of ether oxygens (including phenoxy) is 2. The lowest BCUT2D eigenvalue weighted by Gasteiger charge is -2.37. The molecule has 0 saturated carbocycles. The van der Waals surface area contributed by atoms with Crippen LogP contribution in [0.1, 0.15) is 55.9 Å². The van der Waals surface area contributed by atoms with Crippen molar-refractivity contribution < 1.29 is 19.4 Å². The van der Waals surface area contributed by atoms with Gasteiger partial charge in [-0.25, -0.2) is 4.98 Å². The van der Waals surface area contributed by atoms with Gasteiger partial charge in [0.15, 0.2) is 17.3 Å². The molecule has 1 aromatic carbocycles. The molecule has 40 heavy (non-hydrogen) atoms. The molecular weight excluding hydrogens is 508 g/mol. The second-order valence-corrected chi connectivity index (χ2v) is 11.8. The average molecular weight is 545 g/mol. The molecule has 0 spiro atoms. The Bertz CT molecular complexity index is 1600. The van der Waals surface area contributed by atoms with Gasteiger partial charge in [0.05, 0.1) is 23.4 Å². The summed E-state index contributed by atoms with van der Waals surface area (Å²) in [6.45, 7) is 12.4. The fourth-order valence-corrected chi connectivity index (χ4v) is 6.92. The van der Waals surface area contributed by atoms with E-state index >= 15 is 0 Å². The smallest absolute Gasteiger partial charge is 0.254 e. The maximum Gasteiger partial charge on any atom is 0.254 e. The quantitative estimate of drug-likeness (QED) is 0.419. The number of hydrogen-bond acceptors (Lipinski definition) is 8. The highest BCUT2D eigenvalue weighted by atomic mass is 16.6. The highest BCUT2D eigenvalue weighted by Crippen LogP contribution is 2.43. The van der Waals surface area contributed by atoms with Gasteiger partial charge in [0, 0.05) is 73.3 Å². The van der Waals surface area contributed by atoms with Crippen LogP contribution in [0.2, 0.25) is 0 Å². The number of aromatic nitrogens is 2. The first-order chi connectivity index (χ1) is 19.3. The zero-order valence-electron chi connectivity index (χ0n) is 23.5. The first-order valence-corrected chi connectivity index (χ1v) is 14.5. The van der Waals surface area contributed by atoms with Crippen molar-refractivity contribution in [2.75, 3.05) is 39.4 Å². The molecular formula is C31H36N4O5. The van der Waals surface area contributed by atoms with Crippen molar-refractivity contribution in [1.29, 1.82) is 0 Å². The standard InChI is InChI=1S/C31H36N4O5/c1-4-31(38)23-14-25-29-22(17-35(25)30(37)19(23)5-6-28(31)36)21(16-33-7-9-34(10-8-33)18(2)3)20-13-26-27(15-24(20)32-29)40-12-11-39-26/h13-15,18,38H,4-12,16-17H2,1-3H3. The molecule has 5 heterocycles. The van der Waals surface area contributed by atoms with Crippen molar-refractivity contribution in [3.63, 3.8) is 0 Å². The zero-order valence-corrected chi connectivity index (χ0v) is 23.5. The summed E-state index contributed by atoms with van der Waals surface area (Å²) in [6, 6.07) is 6.36. The molecule has 9 heteroatoms. The summed E-state index contributed by atoms with van der Waals surface area (Å²) in [4.78, 5) is 36.7. The Labute approximate surface area is 233 Å². The summed E-state index contributed by atoms with van der Waals surface area (Å²) in [6.07, 6.45) is 0.771. The van der Waals surface area contributed by atoms with E-state index in [2.05, 4.69) is 23.6 Å². The lowest BCUT2D eigenvalue weighted by molar-refractivity contribution is -0.140. The van der Waals surface area contributed by atoms with Gasteiger partial charge in [-0.05, 0) is 44.4 Å². The maximum atomic E-state index is 13.8. The summed E-state index contributed by atoms with van der Waals surface area (Å²) < 4.78 is 13.6. The molecule has 2 aromatic heterocycles. The molecule has 1 fully saturated rings. The largest absolute Gasteiger partial charge is 0.486 e. The van der Waals surface area contributed by atoms with Gasteiger partial charge in [0.25, 0.3) is 5.56 Å². The van der Waals surface area contributed by atoms with E-state index < -0.39 is 5.60 Å². The summed E-state index contributed by atoms with van der Waals surface area (Å²) in [7, 11) is 0. The van der Waals surface area contributed by atoms with Crippen LogP contribution in [0, 0.1) is 0 Å². The molecule has 3 aliphatic heterocycles. The fraction of sp³-hybridized carbons (Fsp3) is 0.516. The third kappa shape index (κ3) is 3.82. The normalized spacial score (nSPS) is 22.5. The number of aliphatic hydroxyl groups is 1. The molecule has 1 saturated heterocycles. The number of hydrogen-bond donors (Lipinski definition) is 1. The van der Waals surface area contributed by atoms with E-state index in [0.717, 1.165) is 66.2 Å². The molecule has 1 atom stereocenters. The molecule has 3 aromatic rings.